The van der Waals surface area contributed by atoms with Crippen molar-refractivity contribution in [1.82, 2.24) is 14.4 Å². The van der Waals surface area contributed by atoms with Gasteiger partial charge in [0.05, 0.1) is 28.6 Å². The van der Waals surface area contributed by atoms with Crippen LogP contribution in [-0.2, 0) is 20.8 Å². The second kappa shape index (κ2) is 14.7. The number of benzene rings is 2. The number of ether oxygens (including phenoxy) is 1. The van der Waals surface area contributed by atoms with E-state index in [4.69, 9.17) is 10.5 Å². The molecule has 5 atom stereocenters. The zero-order valence-electron chi connectivity index (χ0n) is 33.4. The number of ketones is 2. The summed E-state index contributed by atoms with van der Waals surface area (Å²) in [6, 6.07) is 3.00. The zero-order valence-corrected chi connectivity index (χ0v) is 33.4. The Morgan fingerprint density at radius 2 is 1.69 bits per heavy atom. The number of pyridine rings is 1. The third kappa shape index (κ3) is 6.27. The quantitative estimate of drug-likeness (QED) is 0.201. The second-order valence-electron chi connectivity index (χ2n) is 16.3. The third-order valence-electron chi connectivity index (χ3n) is 12.3. The fraction of sp³-hybridized carbons (Fsp3) is 0.439. The number of carbonyl (C=O) groups is 4. The van der Waals surface area contributed by atoms with Crippen molar-refractivity contribution in [2.24, 2.45) is 17.6 Å². The van der Waals surface area contributed by atoms with Crippen molar-refractivity contribution in [3.8, 4) is 11.5 Å². The van der Waals surface area contributed by atoms with Gasteiger partial charge in [-0.2, -0.15) is 0 Å². The first kappa shape index (κ1) is 41.2. The molecule has 314 valence electrons. The molecule has 0 bridgehead atoms. The summed E-state index contributed by atoms with van der Waals surface area (Å²) < 4.78 is 22.6. The van der Waals surface area contributed by atoms with E-state index in [1.807, 2.05) is 37.9 Å². The number of aromatic carboxylic acids is 1. The summed E-state index contributed by atoms with van der Waals surface area (Å²) in [6.45, 7) is 5.08. The van der Waals surface area contributed by atoms with E-state index >= 15 is 0 Å². The van der Waals surface area contributed by atoms with E-state index in [2.05, 4.69) is 4.90 Å². The molecule has 7 N–H and O–H groups in total. The molecular weight excluding hydrogens is 771 g/mol. The molecule has 2 aliphatic heterocycles. The lowest BCUT2D eigenvalue weighted by atomic mass is 9.57. The molecule has 17 nitrogen and oxygen atoms in total. The number of anilines is 2. The van der Waals surface area contributed by atoms with E-state index < -0.39 is 75.3 Å². The number of rotatable bonds is 5. The Morgan fingerprint density at radius 3 is 2.29 bits per heavy atom. The average molecular weight is 819 g/mol. The predicted octanol–water partition coefficient (Wildman–Crippen LogP) is 1.57. The summed E-state index contributed by atoms with van der Waals surface area (Å²) in [6.07, 6.45) is 1.67. The number of nitrogens with zero attached hydrogens (tertiary/aromatic N) is 5. The van der Waals surface area contributed by atoms with Crippen LogP contribution in [0.25, 0.3) is 16.7 Å². The van der Waals surface area contributed by atoms with Gasteiger partial charge < -0.3 is 55.3 Å². The lowest BCUT2D eigenvalue weighted by molar-refractivity contribution is -0.153. The number of carbonyl (C=O) groups excluding carboxylic acids is 3. The molecule has 8 rings (SSSR count). The number of carboxylic acid groups (broad SMARTS) is 1. The standard InChI is InChI=1S/C23H27N3O7.C18H20FN3O4/c1-25(2)12-5-6-13(27)15-10(12)7-9-8-11-17(26(3)4)19(29)16(22(24)32)21(31)23(11,33)20(30)14(9)18(15)28;1-10-9-26-17-14-11(16(23)12(18(24)25)8-22(10)14)7-13(19)15(17)21-5-3-20(2)4-6-21/h5-6,9,11,17,27-28,31,33H,7-8H2,1-4H3,(H2,24,32);7-8,10H,3-6,9H2,1-2H3,(H,24,25)/t9-,11-,17-,23-;10-/m00/s1. The normalized spacial score (nSPS) is 25.2. The Labute approximate surface area is 337 Å². The maximum atomic E-state index is 15.0. The van der Waals surface area contributed by atoms with Crippen LogP contribution in [0.15, 0.2) is 46.1 Å². The van der Waals surface area contributed by atoms with E-state index in [0.29, 0.717) is 35.6 Å². The molecule has 0 spiro atoms. The highest BCUT2D eigenvalue weighted by atomic mass is 19.1. The van der Waals surface area contributed by atoms with E-state index in [1.165, 1.54) is 17.2 Å². The van der Waals surface area contributed by atoms with E-state index in [-0.39, 0.29) is 53.3 Å². The van der Waals surface area contributed by atoms with Crippen molar-refractivity contribution >= 4 is 51.5 Å². The first-order valence-corrected chi connectivity index (χ1v) is 19.1. The molecule has 2 fully saturated rings. The molecule has 1 aromatic heterocycles. The predicted molar refractivity (Wildman–Crippen MR) is 214 cm³/mol. The van der Waals surface area contributed by atoms with Gasteiger partial charge in [0.1, 0.15) is 40.7 Å². The summed E-state index contributed by atoms with van der Waals surface area (Å²) in [5.74, 6) is -8.08. The van der Waals surface area contributed by atoms with Gasteiger partial charge in [0.25, 0.3) is 5.91 Å². The summed E-state index contributed by atoms with van der Waals surface area (Å²) >= 11 is 0. The number of likely N-dealkylation sites (N-methyl/N-ethyl adjacent to an activating group) is 2. The minimum Gasteiger partial charge on any atom is -0.508 e. The fourth-order valence-electron chi connectivity index (χ4n) is 9.34. The van der Waals surface area contributed by atoms with Crippen molar-refractivity contribution in [2.75, 3.05) is 77.8 Å². The number of aromatic hydroxyl groups is 1. The van der Waals surface area contributed by atoms with Crippen LogP contribution in [0.4, 0.5) is 15.8 Å². The third-order valence-corrected chi connectivity index (χ3v) is 12.3. The first-order valence-electron chi connectivity index (χ1n) is 19.1. The molecule has 0 radical (unpaired) electrons. The summed E-state index contributed by atoms with van der Waals surface area (Å²) in [7, 11) is 8.76. The van der Waals surface area contributed by atoms with Gasteiger partial charge in [-0.15, -0.1) is 0 Å². The SMILES string of the molecule is CN(C)c1ccc(O)c2c1C[C@H]1C[C@H]3[C@H](N(C)C)C(=O)C(C(N)=O)=C(O)[C@@]3(O)C(=O)C1=C2O.C[C@H]1COc2c(N3CCN(C)CC3)c(F)cc3c(=O)c(C(=O)O)cn1c23. The number of aliphatic hydroxyl groups is 3. The van der Waals surface area contributed by atoms with Gasteiger partial charge in [0.15, 0.2) is 23.0 Å². The molecule has 1 saturated carbocycles. The van der Waals surface area contributed by atoms with Crippen LogP contribution in [0.1, 0.15) is 40.9 Å². The van der Waals surface area contributed by atoms with Crippen LogP contribution >= 0.6 is 0 Å². The minimum absolute atomic E-state index is 0.0434. The number of nitrogens with two attached hydrogens (primary N) is 1. The van der Waals surface area contributed by atoms with Gasteiger partial charge in [-0.25, -0.2) is 9.18 Å². The number of phenolic OH excluding ortho intramolecular Hbond substituents is 1. The number of primary amides is 1. The zero-order chi connectivity index (χ0) is 43.2. The van der Waals surface area contributed by atoms with Crippen LogP contribution in [0.2, 0.25) is 0 Å². The van der Waals surface area contributed by atoms with Crippen LogP contribution in [-0.4, -0.2) is 143 Å². The number of halogens is 1. The molecule has 5 aliphatic rings. The van der Waals surface area contributed by atoms with E-state index in [9.17, 15) is 53.9 Å². The molecule has 1 amide bonds. The Hall–Kier alpha value is -5.98. The maximum absolute atomic E-state index is 15.0. The Bertz CT molecular complexity index is 2470. The van der Waals surface area contributed by atoms with Gasteiger partial charge in [-0.1, -0.05) is 0 Å². The fourth-order valence-corrected chi connectivity index (χ4v) is 9.34. The highest BCUT2D eigenvalue weighted by Gasteiger charge is 2.64. The lowest BCUT2D eigenvalue weighted by Crippen LogP contribution is -2.65. The number of hydrogen-bond donors (Lipinski definition) is 6. The van der Waals surface area contributed by atoms with Crippen molar-refractivity contribution < 1.29 is 53.8 Å². The first-order chi connectivity index (χ1) is 27.7. The van der Waals surface area contributed by atoms with Crippen molar-refractivity contribution in [3.63, 3.8) is 0 Å². The number of amides is 1. The van der Waals surface area contributed by atoms with Crippen molar-refractivity contribution in [2.45, 2.75) is 37.5 Å². The van der Waals surface area contributed by atoms with Gasteiger partial charge in [0, 0.05) is 63.6 Å². The molecule has 59 heavy (non-hydrogen) atoms. The monoisotopic (exact) mass is 818 g/mol. The number of piperazine rings is 1. The Kier molecular flexibility index (Phi) is 10.3. The van der Waals surface area contributed by atoms with Gasteiger partial charge in [-0.3, -0.25) is 24.1 Å². The van der Waals surface area contributed by atoms with Crippen LogP contribution < -0.4 is 25.7 Å². The molecular formula is C41H47FN6O11. The summed E-state index contributed by atoms with van der Waals surface area (Å²) in [4.78, 5) is 70.1. The van der Waals surface area contributed by atoms with E-state index in [1.54, 1.807) is 24.7 Å². The Morgan fingerprint density at radius 1 is 1.03 bits per heavy atom. The Balaban J connectivity index is 0.000000184. The molecule has 1 saturated heterocycles. The van der Waals surface area contributed by atoms with Crippen LogP contribution in [0.5, 0.6) is 11.5 Å². The highest BCUT2D eigenvalue weighted by Crippen LogP contribution is 2.53. The van der Waals surface area contributed by atoms with Gasteiger partial charge in [0.2, 0.25) is 11.2 Å². The average Bonchev–Trinajstić information content (AvgIpc) is 3.15. The number of carboxylic acids is 1. The molecule has 2 aromatic carbocycles. The maximum Gasteiger partial charge on any atom is 0.341 e. The molecule has 18 heteroatoms. The number of phenols is 1. The smallest absolute Gasteiger partial charge is 0.341 e. The number of hydrogen-bond acceptors (Lipinski definition) is 14. The minimum atomic E-state index is -2.63. The number of fused-ring (bicyclic) bond motifs is 3. The van der Waals surface area contributed by atoms with Crippen molar-refractivity contribution in [1.29, 1.82) is 0 Å². The summed E-state index contributed by atoms with van der Waals surface area (Å²) in [5, 5.41) is 53.3. The second-order valence-corrected chi connectivity index (χ2v) is 16.3. The molecule has 3 aromatic rings. The topological polar surface area (TPSA) is 240 Å². The van der Waals surface area contributed by atoms with Crippen molar-refractivity contribution in [3.05, 3.63) is 74.0 Å². The molecule has 3 aliphatic carbocycles. The lowest BCUT2D eigenvalue weighted by Gasteiger charge is -2.50. The molecule has 3 heterocycles. The number of Topliss-reactive ketones (excluding diaryl/α,β-unsaturated/α-hetero) is 2. The van der Waals surface area contributed by atoms with Crippen LogP contribution in [0.3, 0.4) is 0 Å². The van der Waals surface area contributed by atoms with Gasteiger partial charge >= 0.3 is 5.97 Å². The largest absolute Gasteiger partial charge is 0.508 e. The van der Waals surface area contributed by atoms with Gasteiger partial charge in [-0.05, 0) is 70.6 Å². The summed E-state index contributed by atoms with van der Waals surface area (Å²) in [5.41, 5.74) is 2.92. The number of aliphatic hydroxyl groups excluding tert-OH is 2. The number of aromatic nitrogens is 1. The van der Waals surface area contributed by atoms with Crippen LogP contribution in [0, 0.1) is 17.7 Å². The van der Waals surface area contributed by atoms with E-state index in [0.717, 1.165) is 24.8 Å². The highest BCUT2D eigenvalue weighted by molar-refractivity contribution is 6.24. The molecule has 0 unspecified atom stereocenters.